The summed E-state index contributed by atoms with van der Waals surface area (Å²) in [7, 11) is 0. The summed E-state index contributed by atoms with van der Waals surface area (Å²) in [4.78, 5) is 0. The molecule has 0 saturated heterocycles. The zero-order valence-corrected chi connectivity index (χ0v) is 8.39. The highest BCUT2D eigenvalue weighted by molar-refractivity contribution is 5.19. The molecule has 0 aromatic carbocycles. The van der Waals surface area contributed by atoms with E-state index in [-0.39, 0.29) is 5.41 Å². The highest BCUT2D eigenvalue weighted by Crippen LogP contribution is 2.53. The Morgan fingerprint density at radius 3 is 2.92 bits per heavy atom. The Kier molecular flexibility index (Phi) is 2.46. The Labute approximate surface area is 80.8 Å². The van der Waals surface area contributed by atoms with Crippen LogP contribution in [0, 0.1) is 11.3 Å². The number of aliphatic hydroxyl groups is 1. The van der Waals surface area contributed by atoms with Gasteiger partial charge in [-0.1, -0.05) is 31.4 Å². The van der Waals surface area contributed by atoms with Gasteiger partial charge in [0.1, 0.15) is 0 Å². The van der Waals surface area contributed by atoms with Crippen molar-refractivity contribution in [2.75, 3.05) is 6.61 Å². The maximum absolute atomic E-state index is 9.59. The molecule has 0 aromatic heterocycles. The largest absolute Gasteiger partial charge is 0.395 e. The molecule has 0 radical (unpaired) electrons. The molecule has 2 atom stereocenters. The highest BCUT2D eigenvalue weighted by atomic mass is 16.3. The first kappa shape index (κ1) is 9.26. The van der Waals surface area contributed by atoms with Gasteiger partial charge in [-0.3, -0.25) is 0 Å². The third-order valence-electron chi connectivity index (χ3n) is 4.24. The van der Waals surface area contributed by atoms with Crippen LogP contribution in [0.4, 0.5) is 0 Å². The Bertz CT molecular complexity index is 209. The molecular weight excluding hydrogens is 160 g/mol. The van der Waals surface area contributed by atoms with Crippen LogP contribution in [0.25, 0.3) is 0 Å². The lowest BCUT2D eigenvalue weighted by atomic mass is 9.73. The second-order valence-electron chi connectivity index (χ2n) is 4.75. The van der Waals surface area contributed by atoms with Crippen LogP contribution in [-0.2, 0) is 0 Å². The number of hydrogen-bond acceptors (Lipinski definition) is 1. The summed E-state index contributed by atoms with van der Waals surface area (Å²) < 4.78 is 0. The van der Waals surface area contributed by atoms with E-state index in [0.29, 0.717) is 6.61 Å². The number of rotatable bonds is 1. The topological polar surface area (TPSA) is 20.2 Å². The van der Waals surface area contributed by atoms with Gasteiger partial charge in [0.05, 0.1) is 6.61 Å². The maximum atomic E-state index is 9.59. The summed E-state index contributed by atoms with van der Waals surface area (Å²) in [6.07, 6.45) is 8.94. The molecule has 2 fully saturated rings. The van der Waals surface area contributed by atoms with Crippen molar-refractivity contribution in [1.82, 2.24) is 0 Å². The number of hydrogen-bond donors (Lipinski definition) is 1. The quantitative estimate of drug-likeness (QED) is 0.615. The predicted molar refractivity (Wildman–Crippen MR) is 54.5 cm³/mol. The summed E-state index contributed by atoms with van der Waals surface area (Å²) in [6, 6.07) is 0. The van der Waals surface area contributed by atoms with Crippen LogP contribution in [-0.4, -0.2) is 11.7 Å². The molecule has 0 aliphatic heterocycles. The molecule has 0 bridgehead atoms. The summed E-state index contributed by atoms with van der Waals surface area (Å²) in [6.45, 7) is 4.51. The fraction of sp³-hybridized carbons (Fsp3) is 0.833. The normalized spacial score (nSPS) is 40.1. The molecule has 1 N–H and O–H groups in total. The van der Waals surface area contributed by atoms with Crippen LogP contribution in [0.5, 0.6) is 0 Å². The second kappa shape index (κ2) is 3.45. The molecule has 2 saturated carbocycles. The second-order valence-corrected chi connectivity index (χ2v) is 4.75. The minimum absolute atomic E-state index is 0.135. The van der Waals surface area contributed by atoms with E-state index in [9.17, 15) is 5.11 Å². The fourth-order valence-electron chi connectivity index (χ4n) is 3.29. The zero-order chi connectivity index (χ0) is 9.31. The molecule has 1 heteroatoms. The van der Waals surface area contributed by atoms with Crippen LogP contribution < -0.4 is 0 Å². The first-order valence-electron chi connectivity index (χ1n) is 5.59. The van der Waals surface area contributed by atoms with E-state index in [1.807, 2.05) is 0 Å². The van der Waals surface area contributed by atoms with E-state index in [4.69, 9.17) is 0 Å². The molecule has 1 nitrogen and oxygen atoms in total. The van der Waals surface area contributed by atoms with Gasteiger partial charge in [-0.05, 0) is 31.6 Å². The summed E-state index contributed by atoms with van der Waals surface area (Å²) in [5, 5.41) is 9.59. The van der Waals surface area contributed by atoms with Gasteiger partial charge in [0, 0.05) is 5.41 Å². The summed E-state index contributed by atoms with van der Waals surface area (Å²) in [5.41, 5.74) is 1.47. The smallest absolute Gasteiger partial charge is 0.0527 e. The molecular formula is C12H20O. The van der Waals surface area contributed by atoms with Crippen molar-refractivity contribution in [1.29, 1.82) is 0 Å². The van der Waals surface area contributed by atoms with Crippen molar-refractivity contribution < 1.29 is 5.11 Å². The van der Waals surface area contributed by atoms with Crippen LogP contribution in [0.1, 0.15) is 44.9 Å². The van der Waals surface area contributed by atoms with Crippen molar-refractivity contribution in [3.05, 3.63) is 12.2 Å². The van der Waals surface area contributed by atoms with E-state index < -0.39 is 0 Å². The molecule has 2 aliphatic rings. The van der Waals surface area contributed by atoms with Gasteiger partial charge in [-0.2, -0.15) is 0 Å². The van der Waals surface area contributed by atoms with E-state index in [1.54, 1.807) is 0 Å². The van der Waals surface area contributed by atoms with Gasteiger partial charge in [0.25, 0.3) is 0 Å². The SMILES string of the molecule is C=C1CC[C@H]2CCCCC[C@@]12CO. The Morgan fingerprint density at radius 1 is 1.31 bits per heavy atom. The third kappa shape index (κ3) is 1.34. The fourth-order valence-corrected chi connectivity index (χ4v) is 3.29. The van der Waals surface area contributed by atoms with Gasteiger partial charge in [0.2, 0.25) is 0 Å². The van der Waals surface area contributed by atoms with E-state index in [0.717, 1.165) is 12.3 Å². The first-order valence-corrected chi connectivity index (χ1v) is 5.59. The minimum atomic E-state index is 0.135. The zero-order valence-electron chi connectivity index (χ0n) is 8.39. The highest BCUT2D eigenvalue weighted by Gasteiger charge is 2.44. The molecule has 0 amide bonds. The van der Waals surface area contributed by atoms with Crippen molar-refractivity contribution in [3.63, 3.8) is 0 Å². The summed E-state index contributed by atoms with van der Waals surface area (Å²) in [5.74, 6) is 0.743. The first-order chi connectivity index (χ1) is 6.29. The van der Waals surface area contributed by atoms with Crippen LogP contribution >= 0.6 is 0 Å². The standard InChI is InChI=1S/C12H20O/c1-10-6-7-11-5-3-2-4-8-12(10,11)9-13/h11,13H,1-9H2/t11-,12-/m1/s1. The number of aliphatic hydroxyl groups excluding tert-OH is 1. The van der Waals surface area contributed by atoms with E-state index >= 15 is 0 Å². The summed E-state index contributed by atoms with van der Waals surface area (Å²) >= 11 is 0. The minimum Gasteiger partial charge on any atom is -0.395 e. The van der Waals surface area contributed by atoms with E-state index in [2.05, 4.69) is 6.58 Å². The molecule has 0 unspecified atom stereocenters. The Hall–Kier alpha value is -0.300. The van der Waals surface area contributed by atoms with Crippen molar-refractivity contribution in [3.8, 4) is 0 Å². The molecule has 74 valence electrons. The monoisotopic (exact) mass is 180 g/mol. The van der Waals surface area contributed by atoms with Gasteiger partial charge in [-0.15, -0.1) is 0 Å². The Morgan fingerprint density at radius 2 is 2.15 bits per heavy atom. The molecule has 0 aromatic rings. The predicted octanol–water partition coefficient (Wildman–Crippen LogP) is 2.90. The van der Waals surface area contributed by atoms with Crippen molar-refractivity contribution >= 4 is 0 Å². The van der Waals surface area contributed by atoms with Gasteiger partial charge < -0.3 is 5.11 Å². The van der Waals surface area contributed by atoms with Crippen LogP contribution in [0.2, 0.25) is 0 Å². The molecule has 2 aliphatic carbocycles. The molecule has 0 spiro atoms. The maximum Gasteiger partial charge on any atom is 0.0527 e. The molecule has 2 rings (SSSR count). The lowest BCUT2D eigenvalue weighted by molar-refractivity contribution is 0.108. The average molecular weight is 180 g/mol. The van der Waals surface area contributed by atoms with Crippen LogP contribution in [0.15, 0.2) is 12.2 Å². The molecule has 13 heavy (non-hydrogen) atoms. The third-order valence-corrected chi connectivity index (χ3v) is 4.24. The van der Waals surface area contributed by atoms with Gasteiger partial charge >= 0.3 is 0 Å². The van der Waals surface area contributed by atoms with Crippen molar-refractivity contribution in [2.45, 2.75) is 44.9 Å². The Balaban J connectivity index is 2.24. The van der Waals surface area contributed by atoms with E-state index in [1.165, 1.54) is 44.1 Å². The van der Waals surface area contributed by atoms with Crippen LogP contribution in [0.3, 0.4) is 0 Å². The van der Waals surface area contributed by atoms with Gasteiger partial charge in [0.15, 0.2) is 0 Å². The lowest BCUT2D eigenvalue weighted by Crippen LogP contribution is -2.30. The lowest BCUT2D eigenvalue weighted by Gasteiger charge is -2.33. The molecule has 0 heterocycles. The van der Waals surface area contributed by atoms with Crippen molar-refractivity contribution in [2.24, 2.45) is 11.3 Å². The number of fused-ring (bicyclic) bond motifs is 1. The average Bonchev–Trinajstić information content (AvgIpc) is 2.38. The van der Waals surface area contributed by atoms with Gasteiger partial charge in [-0.25, -0.2) is 0 Å².